The number of allylic oxidation sites excluding steroid dienone is 4. The van der Waals surface area contributed by atoms with Crippen LogP contribution in [0.2, 0.25) is 0 Å². The average molecular weight is 663 g/mol. The number of quaternary nitrogens is 1. The molecule has 0 aromatic rings. The van der Waals surface area contributed by atoms with Crippen molar-refractivity contribution >= 4 is 11.9 Å². The molecule has 276 valence electrons. The molecule has 0 radical (unpaired) electrons. The molecule has 0 aromatic heterocycles. The van der Waals surface area contributed by atoms with Gasteiger partial charge in [-0.2, -0.15) is 0 Å². The molecular formula is C42H80NO4+. The van der Waals surface area contributed by atoms with Crippen LogP contribution in [0.15, 0.2) is 24.3 Å². The Morgan fingerprint density at radius 2 is 0.766 bits per heavy atom. The van der Waals surface area contributed by atoms with Crippen molar-refractivity contribution in [2.24, 2.45) is 0 Å². The van der Waals surface area contributed by atoms with Crippen LogP contribution in [-0.2, 0) is 19.1 Å². The first-order valence-corrected chi connectivity index (χ1v) is 20.2. The van der Waals surface area contributed by atoms with Gasteiger partial charge in [-0.05, 0) is 71.1 Å². The Bertz CT molecular complexity index is 769. The molecule has 47 heavy (non-hydrogen) atoms. The van der Waals surface area contributed by atoms with Crippen molar-refractivity contribution in [3.63, 3.8) is 0 Å². The second-order valence-electron chi connectivity index (χ2n) is 14.9. The highest BCUT2D eigenvalue weighted by Crippen LogP contribution is 2.18. The minimum absolute atomic E-state index is 0.193. The number of likely N-dealkylation sites (N-methyl/N-ethyl adjacent to an activating group) is 1. The van der Waals surface area contributed by atoms with Crippen molar-refractivity contribution in [1.29, 1.82) is 0 Å². The number of hydrogen-bond donors (Lipinski definition) is 0. The van der Waals surface area contributed by atoms with Gasteiger partial charge in [-0.1, -0.05) is 141 Å². The molecule has 0 aromatic carbocycles. The quantitative estimate of drug-likeness (QED) is 0.0226. The first kappa shape index (κ1) is 45.4. The van der Waals surface area contributed by atoms with Crippen LogP contribution in [0.25, 0.3) is 0 Å². The van der Waals surface area contributed by atoms with Crippen molar-refractivity contribution < 1.29 is 23.5 Å². The maximum absolute atomic E-state index is 12.7. The molecule has 5 heteroatoms. The van der Waals surface area contributed by atoms with E-state index in [9.17, 15) is 9.59 Å². The average Bonchev–Trinajstić information content (AvgIpc) is 3.03. The lowest BCUT2D eigenvalue weighted by Crippen LogP contribution is -2.54. The van der Waals surface area contributed by atoms with Gasteiger partial charge in [0.15, 0.2) is 6.10 Å². The van der Waals surface area contributed by atoms with Gasteiger partial charge in [0.2, 0.25) is 0 Å². The first-order chi connectivity index (χ1) is 22.7. The second-order valence-corrected chi connectivity index (χ2v) is 14.9. The molecule has 0 bridgehead atoms. The topological polar surface area (TPSA) is 52.6 Å². The molecule has 0 saturated carbocycles. The van der Waals surface area contributed by atoms with Crippen molar-refractivity contribution in [3.05, 3.63) is 24.3 Å². The van der Waals surface area contributed by atoms with E-state index < -0.39 is 12.3 Å². The fourth-order valence-electron chi connectivity index (χ4n) is 6.08. The molecule has 0 spiro atoms. The van der Waals surface area contributed by atoms with Gasteiger partial charge >= 0.3 is 11.9 Å². The van der Waals surface area contributed by atoms with E-state index in [-0.39, 0.29) is 11.9 Å². The van der Waals surface area contributed by atoms with E-state index in [0.717, 1.165) is 51.4 Å². The van der Waals surface area contributed by atoms with Gasteiger partial charge in [0.25, 0.3) is 6.23 Å². The number of hydrogen-bond acceptors (Lipinski definition) is 4. The molecule has 0 heterocycles. The van der Waals surface area contributed by atoms with E-state index in [1.54, 1.807) is 0 Å². The van der Waals surface area contributed by atoms with Crippen LogP contribution >= 0.6 is 0 Å². The summed E-state index contributed by atoms with van der Waals surface area (Å²) in [4.78, 5) is 25.2. The molecule has 0 fully saturated rings. The third-order valence-electron chi connectivity index (χ3n) is 9.02. The van der Waals surface area contributed by atoms with Crippen molar-refractivity contribution in [1.82, 2.24) is 0 Å². The second kappa shape index (κ2) is 32.9. The van der Waals surface area contributed by atoms with E-state index in [0.29, 0.717) is 17.3 Å². The summed E-state index contributed by atoms with van der Waals surface area (Å²) in [7, 11) is 5.94. The largest absolute Gasteiger partial charge is 0.452 e. The number of carbonyl (C=O) groups is 2. The molecular weight excluding hydrogens is 582 g/mol. The summed E-state index contributed by atoms with van der Waals surface area (Å²) in [6.45, 7) is 6.38. The predicted molar refractivity (Wildman–Crippen MR) is 202 cm³/mol. The normalized spacial score (nSPS) is 13.4. The summed E-state index contributed by atoms with van der Waals surface area (Å²) in [5, 5.41) is 0. The number of carbonyl (C=O) groups excluding carboxylic acids is 2. The molecule has 5 nitrogen and oxygen atoms in total. The van der Waals surface area contributed by atoms with Gasteiger partial charge in [0, 0.05) is 12.8 Å². The molecule has 0 unspecified atom stereocenters. The molecule has 2 atom stereocenters. The molecule has 0 aliphatic rings. The molecule has 0 saturated heterocycles. The Labute approximate surface area is 293 Å². The van der Waals surface area contributed by atoms with Gasteiger partial charge in [-0.15, -0.1) is 0 Å². The lowest BCUT2D eigenvalue weighted by atomic mass is 10.1. The first-order valence-electron chi connectivity index (χ1n) is 20.2. The zero-order chi connectivity index (χ0) is 34.9. The fourth-order valence-corrected chi connectivity index (χ4v) is 6.08. The maximum Gasteiger partial charge on any atom is 0.310 e. The highest BCUT2D eigenvalue weighted by molar-refractivity contribution is 5.70. The summed E-state index contributed by atoms with van der Waals surface area (Å²) >= 11 is 0. The standard InChI is InChI=1S/C42H80NO4/c1-7-9-11-13-15-17-19-21-23-25-27-29-31-33-35-37-40(44)46-39(3)42(43(4,5)6)47-41(45)38-36-34-32-30-28-26-24-22-20-18-16-14-12-10-8-2/h21-24,39,42H,7-20,25-38H2,1-6H3/q+1/b23-21-,24-22-/t39-,42-/m1/s1. The molecule has 0 aliphatic heterocycles. The lowest BCUT2D eigenvalue weighted by Gasteiger charge is -2.36. The Morgan fingerprint density at radius 1 is 0.468 bits per heavy atom. The van der Waals surface area contributed by atoms with Crippen LogP contribution in [0.4, 0.5) is 0 Å². The minimum atomic E-state index is -0.510. The van der Waals surface area contributed by atoms with Crippen LogP contribution in [0.1, 0.15) is 201 Å². The fraction of sp³-hybridized carbons (Fsp3) is 0.857. The summed E-state index contributed by atoms with van der Waals surface area (Å²) in [6.07, 6.45) is 41.3. The third-order valence-corrected chi connectivity index (χ3v) is 9.02. The van der Waals surface area contributed by atoms with Crippen molar-refractivity contribution in [2.45, 2.75) is 213 Å². The van der Waals surface area contributed by atoms with Gasteiger partial charge < -0.3 is 9.47 Å². The Morgan fingerprint density at radius 3 is 1.11 bits per heavy atom. The van der Waals surface area contributed by atoms with E-state index in [2.05, 4.69) is 38.2 Å². The third kappa shape index (κ3) is 31.4. The number of ether oxygens (including phenoxy) is 2. The summed E-state index contributed by atoms with van der Waals surface area (Å²) in [5.41, 5.74) is 0. The summed E-state index contributed by atoms with van der Waals surface area (Å²) < 4.78 is 12.0. The van der Waals surface area contributed by atoms with Crippen LogP contribution in [0.5, 0.6) is 0 Å². The van der Waals surface area contributed by atoms with Crippen LogP contribution in [0, 0.1) is 0 Å². The highest BCUT2D eigenvalue weighted by atomic mass is 16.6. The number of esters is 2. The smallest absolute Gasteiger partial charge is 0.310 e. The van der Waals surface area contributed by atoms with Gasteiger partial charge in [-0.3, -0.25) is 14.1 Å². The van der Waals surface area contributed by atoms with Crippen molar-refractivity contribution in [2.75, 3.05) is 21.1 Å². The van der Waals surface area contributed by atoms with Crippen LogP contribution in [0.3, 0.4) is 0 Å². The number of nitrogens with zero attached hydrogens (tertiary/aromatic N) is 1. The minimum Gasteiger partial charge on any atom is -0.452 e. The van der Waals surface area contributed by atoms with E-state index >= 15 is 0 Å². The van der Waals surface area contributed by atoms with Gasteiger partial charge in [0.1, 0.15) is 0 Å². The zero-order valence-corrected chi connectivity index (χ0v) is 32.3. The summed E-state index contributed by atoms with van der Waals surface area (Å²) in [6, 6.07) is 0. The van der Waals surface area contributed by atoms with E-state index in [1.165, 1.54) is 116 Å². The predicted octanol–water partition coefficient (Wildman–Crippen LogP) is 12.6. The monoisotopic (exact) mass is 663 g/mol. The Hall–Kier alpha value is -1.62. The van der Waals surface area contributed by atoms with E-state index in [1.807, 2.05) is 28.1 Å². The summed E-state index contributed by atoms with van der Waals surface area (Å²) in [5.74, 6) is -0.386. The van der Waals surface area contributed by atoms with Gasteiger partial charge in [0.05, 0.1) is 21.1 Å². The molecule has 0 N–H and O–H groups in total. The SMILES string of the molecule is CCCCCCCC/C=C\CCCCCCCC(=O)O[C@H]([C@@H](C)OC(=O)CCCCCCC/C=C\CCCCCCCC)[N+](C)(C)C. The lowest BCUT2D eigenvalue weighted by molar-refractivity contribution is -0.920. The van der Waals surface area contributed by atoms with Crippen molar-refractivity contribution in [3.8, 4) is 0 Å². The molecule has 0 aliphatic carbocycles. The molecule has 0 amide bonds. The van der Waals surface area contributed by atoms with E-state index in [4.69, 9.17) is 9.47 Å². The Kier molecular flexibility index (Phi) is 31.8. The van der Waals surface area contributed by atoms with Crippen LogP contribution < -0.4 is 0 Å². The van der Waals surface area contributed by atoms with Gasteiger partial charge in [-0.25, -0.2) is 0 Å². The van der Waals surface area contributed by atoms with Crippen LogP contribution in [-0.4, -0.2) is 49.9 Å². The molecule has 0 rings (SSSR count). The number of unbranched alkanes of at least 4 members (excludes halogenated alkanes) is 22. The highest BCUT2D eigenvalue weighted by Gasteiger charge is 2.36. The zero-order valence-electron chi connectivity index (χ0n) is 32.3. The maximum atomic E-state index is 12.7. The Balaban J connectivity index is 3.95. The number of rotatable bonds is 34.